The molecule has 2 amide bonds. The van der Waals surface area contributed by atoms with Crippen molar-refractivity contribution >= 4 is 11.8 Å². The summed E-state index contributed by atoms with van der Waals surface area (Å²) in [4.78, 5) is 22.7. The Balaban J connectivity index is 2.37. The molecule has 0 radical (unpaired) electrons. The van der Waals surface area contributed by atoms with Crippen molar-refractivity contribution in [1.82, 2.24) is 10.9 Å². The number of ether oxygens (including phenoxy) is 1. The first kappa shape index (κ1) is 14.0. The Kier molecular flexibility index (Phi) is 5.70. The zero-order valence-electron chi connectivity index (χ0n) is 10.7. The van der Waals surface area contributed by atoms with Gasteiger partial charge in [0.2, 0.25) is 11.8 Å². The summed E-state index contributed by atoms with van der Waals surface area (Å²) in [6.07, 6.45) is 1.37. The van der Waals surface area contributed by atoms with Gasteiger partial charge in [0.15, 0.2) is 0 Å². The normalized spacial score (nSPS) is 9.67. The standard InChI is InChI=1S/C13H18N2O3/c1-3-4-12(16)14-15-13(17)9-10-5-7-11(18-2)8-6-10/h5-8H,3-4,9H2,1-2H3,(H,14,16)(H,15,17). The van der Waals surface area contributed by atoms with E-state index < -0.39 is 0 Å². The quantitative estimate of drug-likeness (QED) is 0.771. The number of hydrazine groups is 1. The smallest absolute Gasteiger partial charge is 0.242 e. The minimum atomic E-state index is -0.246. The molecule has 0 saturated carbocycles. The lowest BCUT2D eigenvalue weighted by atomic mass is 10.1. The van der Waals surface area contributed by atoms with Gasteiger partial charge < -0.3 is 4.74 Å². The Labute approximate surface area is 106 Å². The van der Waals surface area contributed by atoms with Gasteiger partial charge in [-0.3, -0.25) is 20.4 Å². The molecule has 0 saturated heterocycles. The third-order valence-corrected chi connectivity index (χ3v) is 2.34. The van der Waals surface area contributed by atoms with Gasteiger partial charge in [0.05, 0.1) is 13.5 Å². The molecular weight excluding hydrogens is 232 g/mol. The van der Waals surface area contributed by atoms with E-state index in [4.69, 9.17) is 4.74 Å². The van der Waals surface area contributed by atoms with Crippen molar-refractivity contribution in [2.24, 2.45) is 0 Å². The van der Waals surface area contributed by atoms with Crippen LogP contribution in [0.1, 0.15) is 25.3 Å². The zero-order chi connectivity index (χ0) is 13.4. The highest BCUT2D eigenvalue weighted by atomic mass is 16.5. The van der Waals surface area contributed by atoms with E-state index in [1.807, 2.05) is 19.1 Å². The van der Waals surface area contributed by atoms with E-state index in [-0.39, 0.29) is 18.2 Å². The lowest BCUT2D eigenvalue weighted by Gasteiger charge is -2.07. The number of carbonyl (C=O) groups is 2. The fraction of sp³-hybridized carbons (Fsp3) is 0.385. The van der Waals surface area contributed by atoms with E-state index in [0.717, 1.165) is 17.7 Å². The minimum Gasteiger partial charge on any atom is -0.497 e. The largest absolute Gasteiger partial charge is 0.497 e. The second kappa shape index (κ2) is 7.32. The first-order valence-corrected chi connectivity index (χ1v) is 5.86. The molecule has 5 heteroatoms. The van der Waals surface area contributed by atoms with Crippen LogP contribution in [0.4, 0.5) is 0 Å². The molecule has 18 heavy (non-hydrogen) atoms. The molecule has 0 bridgehead atoms. The molecule has 0 fully saturated rings. The van der Waals surface area contributed by atoms with Crippen molar-refractivity contribution in [3.63, 3.8) is 0 Å². The molecule has 0 atom stereocenters. The summed E-state index contributed by atoms with van der Waals surface area (Å²) in [6.45, 7) is 1.90. The fourth-order valence-corrected chi connectivity index (χ4v) is 1.40. The molecule has 0 aromatic heterocycles. The van der Waals surface area contributed by atoms with Gasteiger partial charge in [-0.1, -0.05) is 19.1 Å². The molecule has 0 aliphatic heterocycles. The van der Waals surface area contributed by atoms with Gasteiger partial charge >= 0.3 is 0 Å². The van der Waals surface area contributed by atoms with Crippen LogP contribution in [0.3, 0.4) is 0 Å². The highest BCUT2D eigenvalue weighted by molar-refractivity contribution is 5.83. The first-order chi connectivity index (χ1) is 8.65. The molecular formula is C13H18N2O3. The van der Waals surface area contributed by atoms with E-state index in [1.165, 1.54) is 0 Å². The summed E-state index contributed by atoms with van der Waals surface area (Å²) in [6, 6.07) is 7.20. The van der Waals surface area contributed by atoms with Crippen molar-refractivity contribution in [2.45, 2.75) is 26.2 Å². The number of hydrogen-bond acceptors (Lipinski definition) is 3. The predicted octanol–water partition coefficient (Wildman–Crippen LogP) is 1.19. The van der Waals surface area contributed by atoms with Crippen LogP contribution in [0.5, 0.6) is 5.75 Å². The number of rotatable bonds is 5. The van der Waals surface area contributed by atoms with Crippen LogP contribution in [0.15, 0.2) is 24.3 Å². The van der Waals surface area contributed by atoms with Gasteiger partial charge in [0.1, 0.15) is 5.75 Å². The Bertz CT molecular complexity index is 401. The van der Waals surface area contributed by atoms with Crippen LogP contribution in [0, 0.1) is 0 Å². The van der Waals surface area contributed by atoms with E-state index in [9.17, 15) is 9.59 Å². The second-order valence-electron chi connectivity index (χ2n) is 3.87. The lowest BCUT2D eigenvalue weighted by Crippen LogP contribution is -2.42. The van der Waals surface area contributed by atoms with Gasteiger partial charge in [0, 0.05) is 6.42 Å². The maximum Gasteiger partial charge on any atom is 0.242 e. The van der Waals surface area contributed by atoms with E-state index in [2.05, 4.69) is 10.9 Å². The molecule has 0 heterocycles. The van der Waals surface area contributed by atoms with Crippen LogP contribution in [-0.2, 0) is 16.0 Å². The van der Waals surface area contributed by atoms with Crippen LogP contribution >= 0.6 is 0 Å². The highest BCUT2D eigenvalue weighted by Gasteiger charge is 2.05. The molecule has 5 nitrogen and oxygen atoms in total. The number of carbonyl (C=O) groups excluding carboxylic acids is 2. The number of nitrogens with one attached hydrogen (secondary N) is 2. The SMILES string of the molecule is CCCC(=O)NNC(=O)Cc1ccc(OC)cc1. The average Bonchev–Trinajstić information content (AvgIpc) is 2.38. The molecule has 98 valence electrons. The van der Waals surface area contributed by atoms with Crippen molar-refractivity contribution in [1.29, 1.82) is 0 Å². The van der Waals surface area contributed by atoms with Gasteiger partial charge in [-0.05, 0) is 24.1 Å². The number of amides is 2. The molecule has 0 unspecified atom stereocenters. The molecule has 0 spiro atoms. The van der Waals surface area contributed by atoms with Crippen LogP contribution in [0.25, 0.3) is 0 Å². The maximum atomic E-state index is 11.5. The summed E-state index contributed by atoms with van der Waals surface area (Å²) < 4.78 is 5.02. The summed E-state index contributed by atoms with van der Waals surface area (Å²) in [7, 11) is 1.59. The van der Waals surface area contributed by atoms with Crippen molar-refractivity contribution in [3.8, 4) is 5.75 Å². The number of hydrogen-bond donors (Lipinski definition) is 2. The van der Waals surface area contributed by atoms with Crippen molar-refractivity contribution < 1.29 is 14.3 Å². The van der Waals surface area contributed by atoms with Gasteiger partial charge in [-0.2, -0.15) is 0 Å². The third-order valence-electron chi connectivity index (χ3n) is 2.34. The van der Waals surface area contributed by atoms with Gasteiger partial charge in [-0.15, -0.1) is 0 Å². The van der Waals surface area contributed by atoms with E-state index in [1.54, 1.807) is 19.2 Å². The summed E-state index contributed by atoms with van der Waals surface area (Å²) in [5.74, 6) is 0.320. The lowest BCUT2D eigenvalue weighted by molar-refractivity contribution is -0.128. The van der Waals surface area contributed by atoms with E-state index in [0.29, 0.717) is 6.42 Å². The Hall–Kier alpha value is -2.04. The third kappa shape index (κ3) is 4.86. The summed E-state index contributed by atoms with van der Waals surface area (Å²) in [5.41, 5.74) is 5.60. The maximum absolute atomic E-state index is 11.5. The average molecular weight is 250 g/mol. The zero-order valence-corrected chi connectivity index (χ0v) is 10.7. The van der Waals surface area contributed by atoms with Crippen LogP contribution in [0.2, 0.25) is 0 Å². The molecule has 0 aliphatic rings. The summed E-state index contributed by atoms with van der Waals surface area (Å²) in [5, 5.41) is 0. The minimum absolute atomic E-state index is 0.180. The second-order valence-corrected chi connectivity index (χ2v) is 3.87. The topological polar surface area (TPSA) is 67.4 Å². The van der Waals surface area contributed by atoms with Crippen LogP contribution < -0.4 is 15.6 Å². The van der Waals surface area contributed by atoms with Crippen molar-refractivity contribution in [3.05, 3.63) is 29.8 Å². The molecule has 0 aliphatic carbocycles. The Morgan fingerprint density at radius 1 is 1.11 bits per heavy atom. The number of benzene rings is 1. The van der Waals surface area contributed by atoms with Gasteiger partial charge in [-0.25, -0.2) is 0 Å². The monoisotopic (exact) mass is 250 g/mol. The first-order valence-electron chi connectivity index (χ1n) is 5.86. The Morgan fingerprint density at radius 3 is 2.28 bits per heavy atom. The van der Waals surface area contributed by atoms with Gasteiger partial charge in [0.25, 0.3) is 0 Å². The van der Waals surface area contributed by atoms with Crippen LogP contribution in [-0.4, -0.2) is 18.9 Å². The summed E-state index contributed by atoms with van der Waals surface area (Å²) >= 11 is 0. The molecule has 2 N–H and O–H groups in total. The fourth-order valence-electron chi connectivity index (χ4n) is 1.40. The predicted molar refractivity (Wildman–Crippen MR) is 67.9 cm³/mol. The molecule has 1 rings (SSSR count). The van der Waals surface area contributed by atoms with Crippen molar-refractivity contribution in [2.75, 3.05) is 7.11 Å². The Morgan fingerprint density at radius 2 is 1.72 bits per heavy atom. The molecule has 1 aromatic carbocycles. The molecule has 1 aromatic rings. The highest BCUT2D eigenvalue weighted by Crippen LogP contribution is 2.11. The number of methoxy groups -OCH3 is 1. The van der Waals surface area contributed by atoms with E-state index >= 15 is 0 Å².